The summed E-state index contributed by atoms with van der Waals surface area (Å²) in [4.78, 5) is 23.2. The summed E-state index contributed by atoms with van der Waals surface area (Å²) in [5.74, 6) is 0.189. The number of hydrogen-bond acceptors (Lipinski definition) is 2. The molecule has 0 fully saturated rings. The van der Waals surface area contributed by atoms with Gasteiger partial charge in [0.05, 0.1) is 6.42 Å². The maximum Gasteiger partial charge on any atom is 0.228 e. The van der Waals surface area contributed by atoms with Crippen molar-refractivity contribution in [1.29, 1.82) is 0 Å². The normalized spacial score (nSPS) is 10.4. The van der Waals surface area contributed by atoms with Gasteiger partial charge in [-0.1, -0.05) is 44.2 Å². The summed E-state index contributed by atoms with van der Waals surface area (Å²) in [5.41, 5.74) is 3.62. The summed E-state index contributed by atoms with van der Waals surface area (Å²) >= 11 is 0. The Labute approximate surface area is 136 Å². The summed E-state index contributed by atoms with van der Waals surface area (Å²) in [7, 11) is 0. The van der Waals surface area contributed by atoms with E-state index in [1.54, 1.807) is 12.1 Å². The molecular formula is C19H22N2O2. The fraction of sp³-hybridized carbons (Fsp3) is 0.263. The van der Waals surface area contributed by atoms with Crippen molar-refractivity contribution in [2.75, 3.05) is 10.6 Å². The molecule has 2 N–H and O–H groups in total. The second kappa shape index (κ2) is 7.58. The smallest absolute Gasteiger partial charge is 0.228 e. The van der Waals surface area contributed by atoms with Crippen LogP contribution >= 0.6 is 0 Å². The molecule has 0 radical (unpaired) electrons. The third kappa shape index (κ3) is 4.95. The average molecular weight is 310 g/mol. The Hall–Kier alpha value is -2.62. The molecule has 23 heavy (non-hydrogen) atoms. The van der Waals surface area contributed by atoms with Crippen LogP contribution in [0.25, 0.3) is 0 Å². The minimum absolute atomic E-state index is 0.0506. The predicted molar refractivity (Wildman–Crippen MR) is 93.6 cm³/mol. The molecule has 4 nitrogen and oxygen atoms in total. The van der Waals surface area contributed by atoms with Crippen molar-refractivity contribution in [3.05, 3.63) is 59.7 Å². The fourth-order valence-corrected chi connectivity index (χ4v) is 2.40. The van der Waals surface area contributed by atoms with Gasteiger partial charge in [0.1, 0.15) is 0 Å². The molecule has 0 aliphatic carbocycles. The van der Waals surface area contributed by atoms with E-state index < -0.39 is 0 Å². The highest BCUT2D eigenvalue weighted by Gasteiger charge is 2.09. The molecule has 0 bridgehead atoms. The van der Waals surface area contributed by atoms with E-state index in [0.29, 0.717) is 12.3 Å². The Bertz CT molecular complexity index is 691. The molecule has 0 aromatic heterocycles. The van der Waals surface area contributed by atoms with Gasteiger partial charge in [-0.25, -0.2) is 0 Å². The van der Waals surface area contributed by atoms with Gasteiger partial charge in [0.2, 0.25) is 11.8 Å². The molecular weight excluding hydrogens is 288 g/mol. The van der Waals surface area contributed by atoms with Gasteiger partial charge in [0.25, 0.3) is 0 Å². The molecule has 0 saturated heterocycles. The molecule has 0 aliphatic heterocycles. The zero-order valence-corrected chi connectivity index (χ0v) is 13.7. The molecule has 0 unspecified atom stereocenters. The van der Waals surface area contributed by atoms with Gasteiger partial charge >= 0.3 is 0 Å². The third-order valence-corrected chi connectivity index (χ3v) is 3.50. The molecule has 2 amide bonds. The SMILES string of the molecule is CC(=O)Nc1ccc(CC(=O)Nc2ccccc2C(C)C)cc1. The van der Waals surface area contributed by atoms with E-state index in [0.717, 1.165) is 22.5 Å². The zero-order valence-electron chi connectivity index (χ0n) is 13.7. The minimum atomic E-state index is -0.110. The predicted octanol–water partition coefficient (Wildman–Crippen LogP) is 3.95. The largest absolute Gasteiger partial charge is 0.326 e. The van der Waals surface area contributed by atoms with Crippen molar-refractivity contribution in [3.8, 4) is 0 Å². The highest BCUT2D eigenvalue weighted by atomic mass is 16.2. The van der Waals surface area contributed by atoms with Crippen molar-refractivity contribution in [2.24, 2.45) is 0 Å². The number of para-hydroxylation sites is 1. The van der Waals surface area contributed by atoms with Crippen LogP contribution < -0.4 is 10.6 Å². The lowest BCUT2D eigenvalue weighted by molar-refractivity contribution is -0.116. The summed E-state index contributed by atoms with van der Waals surface area (Å²) < 4.78 is 0. The zero-order chi connectivity index (χ0) is 16.8. The molecule has 0 saturated carbocycles. The van der Waals surface area contributed by atoms with Crippen molar-refractivity contribution in [3.63, 3.8) is 0 Å². The van der Waals surface area contributed by atoms with Crippen LogP contribution in [-0.4, -0.2) is 11.8 Å². The Balaban J connectivity index is 2.01. The Morgan fingerprint density at radius 1 is 0.957 bits per heavy atom. The number of benzene rings is 2. The van der Waals surface area contributed by atoms with Gasteiger partial charge in [-0.3, -0.25) is 9.59 Å². The van der Waals surface area contributed by atoms with E-state index in [1.165, 1.54) is 6.92 Å². The van der Waals surface area contributed by atoms with Gasteiger partial charge in [-0.15, -0.1) is 0 Å². The number of anilines is 2. The number of carbonyl (C=O) groups excluding carboxylic acids is 2. The lowest BCUT2D eigenvalue weighted by Crippen LogP contribution is -2.16. The number of hydrogen-bond donors (Lipinski definition) is 2. The van der Waals surface area contributed by atoms with E-state index in [-0.39, 0.29) is 11.8 Å². The maximum absolute atomic E-state index is 12.2. The lowest BCUT2D eigenvalue weighted by Gasteiger charge is -2.13. The third-order valence-electron chi connectivity index (χ3n) is 3.50. The van der Waals surface area contributed by atoms with Gasteiger partial charge in [-0.05, 0) is 35.2 Å². The first kappa shape index (κ1) is 16.7. The lowest BCUT2D eigenvalue weighted by atomic mass is 10.0. The second-order valence-corrected chi connectivity index (χ2v) is 5.85. The van der Waals surface area contributed by atoms with Crippen LogP contribution in [0.5, 0.6) is 0 Å². The monoisotopic (exact) mass is 310 g/mol. The van der Waals surface area contributed by atoms with Gasteiger partial charge in [-0.2, -0.15) is 0 Å². The van der Waals surface area contributed by atoms with Gasteiger partial charge < -0.3 is 10.6 Å². The minimum Gasteiger partial charge on any atom is -0.326 e. The molecule has 0 spiro atoms. The first-order valence-electron chi connectivity index (χ1n) is 7.71. The Morgan fingerprint density at radius 3 is 2.22 bits per heavy atom. The fourth-order valence-electron chi connectivity index (χ4n) is 2.40. The molecule has 0 aliphatic rings. The highest BCUT2D eigenvalue weighted by molar-refractivity contribution is 5.93. The van der Waals surface area contributed by atoms with Crippen molar-refractivity contribution in [2.45, 2.75) is 33.1 Å². The van der Waals surface area contributed by atoms with Crippen molar-refractivity contribution < 1.29 is 9.59 Å². The summed E-state index contributed by atoms with van der Waals surface area (Å²) in [5, 5.41) is 5.68. The first-order valence-corrected chi connectivity index (χ1v) is 7.71. The average Bonchev–Trinajstić information content (AvgIpc) is 2.49. The number of amides is 2. The maximum atomic E-state index is 12.2. The van der Waals surface area contributed by atoms with Crippen LogP contribution in [0.1, 0.15) is 37.8 Å². The van der Waals surface area contributed by atoms with Crippen LogP contribution in [0.4, 0.5) is 11.4 Å². The first-order chi connectivity index (χ1) is 11.0. The topological polar surface area (TPSA) is 58.2 Å². The van der Waals surface area contributed by atoms with Crippen LogP contribution in [0.15, 0.2) is 48.5 Å². The number of rotatable bonds is 5. The molecule has 120 valence electrons. The standard InChI is InChI=1S/C19H22N2O2/c1-13(2)17-6-4-5-7-18(17)21-19(23)12-15-8-10-16(11-9-15)20-14(3)22/h4-11,13H,12H2,1-3H3,(H,20,22)(H,21,23). The summed E-state index contributed by atoms with van der Waals surface area (Å²) in [6.07, 6.45) is 0.298. The van der Waals surface area contributed by atoms with E-state index in [9.17, 15) is 9.59 Å². The van der Waals surface area contributed by atoms with Crippen LogP contribution in [0.3, 0.4) is 0 Å². The summed E-state index contributed by atoms with van der Waals surface area (Å²) in [6, 6.07) is 15.1. The quantitative estimate of drug-likeness (QED) is 0.878. The Morgan fingerprint density at radius 2 is 1.61 bits per heavy atom. The number of carbonyl (C=O) groups is 2. The van der Waals surface area contributed by atoms with E-state index in [2.05, 4.69) is 24.5 Å². The van der Waals surface area contributed by atoms with Crippen LogP contribution in [-0.2, 0) is 16.0 Å². The van der Waals surface area contributed by atoms with Crippen LogP contribution in [0, 0.1) is 0 Å². The molecule has 0 atom stereocenters. The molecule has 2 aromatic carbocycles. The Kier molecular flexibility index (Phi) is 5.52. The second-order valence-electron chi connectivity index (χ2n) is 5.85. The van der Waals surface area contributed by atoms with E-state index in [4.69, 9.17) is 0 Å². The summed E-state index contributed by atoms with van der Waals surface area (Å²) in [6.45, 7) is 5.67. The molecule has 2 rings (SSSR count). The highest BCUT2D eigenvalue weighted by Crippen LogP contribution is 2.23. The van der Waals surface area contributed by atoms with Crippen molar-refractivity contribution >= 4 is 23.2 Å². The van der Waals surface area contributed by atoms with Crippen LogP contribution in [0.2, 0.25) is 0 Å². The van der Waals surface area contributed by atoms with Gasteiger partial charge in [0, 0.05) is 18.3 Å². The van der Waals surface area contributed by atoms with E-state index >= 15 is 0 Å². The molecule has 0 heterocycles. The van der Waals surface area contributed by atoms with Crippen molar-refractivity contribution in [1.82, 2.24) is 0 Å². The number of nitrogens with one attached hydrogen (secondary N) is 2. The van der Waals surface area contributed by atoms with E-state index in [1.807, 2.05) is 36.4 Å². The molecule has 2 aromatic rings. The van der Waals surface area contributed by atoms with Gasteiger partial charge in [0.15, 0.2) is 0 Å². The molecule has 4 heteroatoms.